The van der Waals surface area contributed by atoms with Gasteiger partial charge in [-0.25, -0.2) is 4.39 Å². The van der Waals surface area contributed by atoms with Crippen LogP contribution in [0.2, 0.25) is 5.02 Å². The minimum absolute atomic E-state index is 0.232. The number of hydrogen-bond donors (Lipinski definition) is 1. The molecule has 0 bridgehead atoms. The minimum Gasteiger partial charge on any atom is -0.329 e. The molecule has 0 fully saturated rings. The Balaban J connectivity index is 2.11. The van der Waals surface area contributed by atoms with Gasteiger partial charge < -0.3 is 5.73 Å². The summed E-state index contributed by atoms with van der Waals surface area (Å²) in [4.78, 5) is 2.12. The molecule has 2 aromatic rings. The van der Waals surface area contributed by atoms with E-state index in [1.54, 1.807) is 12.1 Å². The maximum Gasteiger partial charge on any atom is 0.127 e. The van der Waals surface area contributed by atoms with Crippen LogP contribution in [0.1, 0.15) is 11.1 Å². The van der Waals surface area contributed by atoms with E-state index in [1.807, 2.05) is 18.2 Å². The highest BCUT2D eigenvalue weighted by atomic mass is 35.5. The van der Waals surface area contributed by atoms with Crippen molar-refractivity contribution >= 4 is 11.6 Å². The number of benzene rings is 2. The Morgan fingerprint density at radius 3 is 2.50 bits per heavy atom. The third-order valence-electron chi connectivity index (χ3n) is 3.10. The van der Waals surface area contributed by atoms with E-state index in [0.717, 1.165) is 6.54 Å². The van der Waals surface area contributed by atoms with Crippen LogP contribution >= 0.6 is 11.6 Å². The summed E-state index contributed by atoms with van der Waals surface area (Å²) in [5.41, 5.74) is 7.43. The molecule has 0 atom stereocenters. The second kappa shape index (κ2) is 7.39. The maximum absolute atomic E-state index is 13.8. The van der Waals surface area contributed by atoms with Crippen molar-refractivity contribution in [3.8, 4) is 0 Å². The van der Waals surface area contributed by atoms with Gasteiger partial charge in [-0.1, -0.05) is 41.9 Å². The largest absolute Gasteiger partial charge is 0.329 e. The molecule has 0 amide bonds. The lowest BCUT2D eigenvalue weighted by atomic mass is 10.1. The van der Waals surface area contributed by atoms with Crippen molar-refractivity contribution in [1.29, 1.82) is 0 Å². The van der Waals surface area contributed by atoms with Crippen LogP contribution in [0, 0.1) is 5.82 Å². The molecule has 2 nitrogen and oxygen atoms in total. The molecule has 0 unspecified atom stereocenters. The Kier molecular flexibility index (Phi) is 5.53. The van der Waals surface area contributed by atoms with Gasteiger partial charge in [-0.2, -0.15) is 0 Å². The molecule has 0 aliphatic carbocycles. The topological polar surface area (TPSA) is 29.3 Å². The van der Waals surface area contributed by atoms with Crippen LogP contribution in [0.4, 0.5) is 4.39 Å². The normalized spacial score (nSPS) is 11.0. The summed E-state index contributed by atoms with van der Waals surface area (Å²) in [6, 6.07) is 14.7. The number of halogens is 2. The van der Waals surface area contributed by atoms with Crippen molar-refractivity contribution in [1.82, 2.24) is 4.90 Å². The summed E-state index contributed by atoms with van der Waals surface area (Å²) < 4.78 is 13.8. The van der Waals surface area contributed by atoms with Crippen molar-refractivity contribution in [3.05, 3.63) is 70.5 Å². The highest BCUT2D eigenvalue weighted by Crippen LogP contribution is 2.17. The minimum atomic E-state index is -0.232. The fourth-order valence-electron chi connectivity index (χ4n) is 2.14. The molecule has 2 N–H and O–H groups in total. The number of nitrogens with two attached hydrogens (primary N) is 1. The highest BCUT2D eigenvalue weighted by Gasteiger charge is 2.10. The number of nitrogens with zero attached hydrogens (tertiary/aromatic N) is 1. The standard InChI is InChI=1S/C16H18ClFN2/c17-15-6-7-16(18)14(10-15)12-20(9-8-19)11-13-4-2-1-3-5-13/h1-7,10H,8-9,11-12,19H2. The molecule has 0 heterocycles. The van der Waals surface area contributed by atoms with E-state index in [9.17, 15) is 4.39 Å². The molecule has 4 heteroatoms. The van der Waals surface area contributed by atoms with Gasteiger partial charge in [0.25, 0.3) is 0 Å². The van der Waals surface area contributed by atoms with Crippen molar-refractivity contribution in [2.45, 2.75) is 13.1 Å². The summed E-state index contributed by atoms with van der Waals surface area (Å²) in [6.07, 6.45) is 0. The molecule has 0 spiro atoms. The molecular weight excluding hydrogens is 275 g/mol. The quantitative estimate of drug-likeness (QED) is 0.884. The summed E-state index contributed by atoms with van der Waals surface area (Å²) in [6.45, 7) is 2.48. The monoisotopic (exact) mass is 292 g/mol. The van der Waals surface area contributed by atoms with Crippen molar-refractivity contribution in [2.75, 3.05) is 13.1 Å². The van der Waals surface area contributed by atoms with E-state index in [-0.39, 0.29) is 5.82 Å². The highest BCUT2D eigenvalue weighted by molar-refractivity contribution is 6.30. The predicted octanol–water partition coefficient (Wildman–Crippen LogP) is 3.44. The molecule has 106 valence electrons. The van der Waals surface area contributed by atoms with E-state index < -0.39 is 0 Å². The molecule has 0 radical (unpaired) electrons. The molecule has 0 saturated carbocycles. The Hall–Kier alpha value is -1.42. The van der Waals surface area contributed by atoms with Crippen LogP contribution in [0.5, 0.6) is 0 Å². The zero-order valence-corrected chi connectivity index (χ0v) is 12.0. The van der Waals surface area contributed by atoms with Gasteiger partial charge in [-0.15, -0.1) is 0 Å². The molecule has 2 aromatic carbocycles. The van der Waals surface area contributed by atoms with Gasteiger partial charge in [0.15, 0.2) is 0 Å². The lowest BCUT2D eigenvalue weighted by Gasteiger charge is -2.22. The molecule has 0 aromatic heterocycles. The van der Waals surface area contributed by atoms with E-state index in [0.29, 0.717) is 30.2 Å². The van der Waals surface area contributed by atoms with Crippen molar-refractivity contribution in [3.63, 3.8) is 0 Å². The second-order valence-corrected chi connectivity index (χ2v) is 5.16. The fraction of sp³-hybridized carbons (Fsp3) is 0.250. The van der Waals surface area contributed by atoms with E-state index in [4.69, 9.17) is 17.3 Å². The van der Waals surface area contributed by atoms with Crippen LogP contribution in [-0.2, 0) is 13.1 Å². The van der Waals surface area contributed by atoms with Crippen molar-refractivity contribution < 1.29 is 4.39 Å². The van der Waals surface area contributed by atoms with E-state index >= 15 is 0 Å². The first-order valence-corrected chi connectivity index (χ1v) is 6.97. The third kappa shape index (κ3) is 4.30. The molecule has 2 rings (SSSR count). The summed E-state index contributed by atoms with van der Waals surface area (Å²) in [7, 11) is 0. The van der Waals surface area contributed by atoms with Crippen LogP contribution in [0.15, 0.2) is 48.5 Å². The zero-order chi connectivity index (χ0) is 14.4. The lowest BCUT2D eigenvalue weighted by Crippen LogP contribution is -2.29. The smallest absolute Gasteiger partial charge is 0.127 e. The molecule has 20 heavy (non-hydrogen) atoms. The van der Waals surface area contributed by atoms with Crippen LogP contribution in [-0.4, -0.2) is 18.0 Å². The average Bonchev–Trinajstić information content (AvgIpc) is 2.44. The lowest BCUT2D eigenvalue weighted by molar-refractivity contribution is 0.260. The average molecular weight is 293 g/mol. The van der Waals surface area contributed by atoms with E-state index in [1.165, 1.54) is 11.6 Å². The van der Waals surface area contributed by atoms with Crippen molar-refractivity contribution in [2.24, 2.45) is 5.73 Å². The van der Waals surface area contributed by atoms with Gasteiger partial charge in [-0.05, 0) is 23.8 Å². The molecule has 0 aliphatic rings. The number of rotatable bonds is 6. The van der Waals surface area contributed by atoms with Crippen LogP contribution in [0.25, 0.3) is 0 Å². The third-order valence-corrected chi connectivity index (χ3v) is 3.33. The first-order valence-electron chi connectivity index (χ1n) is 6.59. The Labute approximate surface area is 124 Å². The first kappa shape index (κ1) is 15.0. The van der Waals surface area contributed by atoms with Crippen LogP contribution in [0.3, 0.4) is 0 Å². The van der Waals surface area contributed by atoms with Gasteiger partial charge in [0.1, 0.15) is 5.82 Å². The van der Waals surface area contributed by atoms with Gasteiger partial charge in [-0.3, -0.25) is 4.90 Å². The molecule has 0 aliphatic heterocycles. The SMILES string of the molecule is NCCN(Cc1ccccc1)Cc1cc(Cl)ccc1F. The van der Waals surface area contributed by atoms with Gasteiger partial charge in [0.2, 0.25) is 0 Å². The van der Waals surface area contributed by atoms with Crippen LogP contribution < -0.4 is 5.73 Å². The maximum atomic E-state index is 13.8. The fourth-order valence-corrected chi connectivity index (χ4v) is 2.34. The first-order chi connectivity index (χ1) is 9.69. The van der Waals surface area contributed by atoms with Gasteiger partial charge in [0, 0.05) is 36.8 Å². The number of hydrogen-bond acceptors (Lipinski definition) is 2. The second-order valence-electron chi connectivity index (χ2n) is 4.72. The Bertz CT molecular complexity index is 545. The Morgan fingerprint density at radius 2 is 1.80 bits per heavy atom. The van der Waals surface area contributed by atoms with Gasteiger partial charge in [0.05, 0.1) is 0 Å². The zero-order valence-electron chi connectivity index (χ0n) is 11.2. The summed E-state index contributed by atoms with van der Waals surface area (Å²) in [5.74, 6) is -0.232. The molecule has 0 saturated heterocycles. The summed E-state index contributed by atoms with van der Waals surface area (Å²) in [5, 5.41) is 0.550. The Morgan fingerprint density at radius 1 is 1.05 bits per heavy atom. The summed E-state index contributed by atoms with van der Waals surface area (Å²) >= 11 is 5.93. The van der Waals surface area contributed by atoms with Gasteiger partial charge >= 0.3 is 0 Å². The predicted molar refractivity (Wildman–Crippen MR) is 81.0 cm³/mol. The molecular formula is C16H18ClFN2. The van der Waals surface area contributed by atoms with E-state index in [2.05, 4.69) is 17.0 Å².